The highest BCUT2D eigenvalue weighted by Gasteiger charge is 2.46. The molecule has 0 bridgehead atoms. The number of nitrogens with one attached hydrogen (secondary N) is 1. The molecule has 0 aromatic carbocycles. The number of rotatable bonds is 3. The summed E-state index contributed by atoms with van der Waals surface area (Å²) in [6.45, 7) is 7.23. The molecule has 104 valence electrons. The SMILES string of the molecule is CCC1C(=O)NC(C)(C)C(=O)N1C(C)c1ccco1. The quantitative estimate of drug-likeness (QED) is 0.906. The van der Waals surface area contributed by atoms with E-state index in [0.29, 0.717) is 12.2 Å². The van der Waals surface area contributed by atoms with Crippen molar-refractivity contribution in [2.45, 2.75) is 51.7 Å². The molecular formula is C14H20N2O3. The standard InChI is InChI=1S/C14H20N2O3/c1-5-10-12(17)15-14(3,4)13(18)16(10)9(2)11-7-6-8-19-11/h6-10H,5H2,1-4H3,(H,15,17). The lowest BCUT2D eigenvalue weighted by Gasteiger charge is -2.44. The Kier molecular flexibility index (Phi) is 3.39. The second kappa shape index (κ2) is 4.72. The van der Waals surface area contributed by atoms with Gasteiger partial charge in [-0.3, -0.25) is 9.59 Å². The minimum atomic E-state index is -0.871. The Bertz CT molecular complexity index is 479. The summed E-state index contributed by atoms with van der Waals surface area (Å²) in [7, 11) is 0. The van der Waals surface area contributed by atoms with Gasteiger partial charge in [-0.1, -0.05) is 6.92 Å². The van der Waals surface area contributed by atoms with Gasteiger partial charge in [-0.25, -0.2) is 0 Å². The van der Waals surface area contributed by atoms with Crippen molar-refractivity contribution in [3.63, 3.8) is 0 Å². The molecule has 1 N–H and O–H groups in total. The molecule has 0 spiro atoms. The predicted molar refractivity (Wildman–Crippen MR) is 70.3 cm³/mol. The Balaban J connectivity index is 2.37. The Morgan fingerprint density at radius 2 is 2.16 bits per heavy atom. The molecule has 1 aromatic rings. The first-order chi connectivity index (χ1) is 8.88. The molecule has 1 fully saturated rings. The highest BCUT2D eigenvalue weighted by atomic mass is 16.3. The molecule has 2 atom stereocenters. The maximum atomic E-state index is 12.6. The largest absolute Gasteiger partial charge is 0.467 e. The number of carbonyl (C=O) groups excluding carboxylic acids is 2. The number of amides is 2. The molecule has 1 saturated heterocycles. The first-order valence-electron chi connectivity index (χ1n) is 6.56. The maximum absolute atomic E-state index is 12.6. The van der Waals surface area contributed by atoms with E-state index in [1.165, 1.54) is 0 Å². The van der Waals surface area contributed by atoms with Gasteiger partial charge in [0.05, 0.1) is 12.3 Å². The van der Waals surface area contributed by atoms with E-state index in [1.54, 1.807) is 31.1 Å². The van der Waals surface area contributed by atoms with Gasteiger partial charge in [0.25, 0.3) is 0 Å². The molecule has 5 heteroatoms. The van der Waals surface area contributed by atoms with Crippen LogP contribution in [0.25, 0.3) is 0 Å². The zero-order chi connectivity index (χ0) is 14.2. The summed E-state index contributed by atoms with van der Waals surface area (Å²) in [5.41, 5.74) is -0.871. The number of hydrogen-bond acceptors (Lipinski definition) is 3. The molecule has 1 aromatic heterocycles. The van der Waals surface area contributed by atoms with Crippen molar-refractivity contribution in [3.05, 3.63) is 24.2 Å². The van der Waals surface area contributed by atoms with Crippen LogP contribution in [-0.4, -0.2) is 28.3 Å². The third-order valence-corrected chi connectivity index (χ3v) is 3.60. The maximum Gasteiger partial charge on any atom is 0.249 e. The first-order valence-corrected chi connectivity index (χ1v) is 6.56. The fraction of sp³-hybridized carbons (Fsp3) is 0.571. The average Bonchev–Trinajstić information content (AvgIpc) is 2.85. The molecule has 0 radical (unpaired) electrons. The normalized spacial score (nSPS) is 24.2. The van der Waals surface area contributed by atoms with Gasteiger partial charge in [-0.2, -0.15) is 0 Å². The topological polar surface area (TPSA) is 62.6 Å². The van der Waals surface area contributed by atoms with E-state index in [-0.39, 0.29) is 17.9 Å². The molecule has 0 saturated carbocycles. The number of carbonyl (C=O) groups is 2. The van der Waals surface area contributed by atoms with Crippen LogP contribution in [0, 0.1) is 0 Å². The molecule has 2 unspecified atom stereocenters. The lowest BCUT2D eigenvalue weighted by Crippen LogP contribution is -2.68. The van der Waals surface area contributed by atoms with Crippen LogP contribution in [0.3, 0.4) is 0 Å². The van der Waals surface area contributed by atoms with E-state index in [1.807, 2.05) is 19.9 Å². The van der Waals surface area contributed by atoms with Crippen LogP contribution in [0.15, 0.2) is 22.8 Å². The predicted octanol–water partition coefficient (Wildman–Crippen LogP) is 1.86. The van der Waals surface area contributed by atoms with Crippen LogP contribution >= 0.6 is 0 Å². The van der Waals surface area contributed by atoms with Crippen molar-refractivity contribution in [2.75, 3.05) is 0 Å². The first kappa shape index (κ1) is 13.6. The van der Waals surface area contributed by atoms with E-state index in [4.69, 9.17) is 4.42 Å². The minimum Gasteiger partial charge on any atom is -0.467 e. The highest BCUT2D eigenvalue weighted by Crippen LogP contribution is 2.30. The lowest BCUT2D eigenvalue weighted by atomic mass is 9.93. The molecule has 1 aliphatic rings. The van der Waals surface area contributed by atoms with Gasteiger partial charge >= 0.3 is 0 Å². The van der Waals surface area contributed by atoms with Crippen molar-refractivity contribution in [1.29, 1.82) is 0 Å². The Morgan fingerprint density at radius 3 is 2.68 bits per heavy atom. The van der Waals surface area contributed by atoms with Crippen molar-refractivity contribution < 1.29 is 14.0 Å². The molecule has 19 heavy (non-hydrogen) atoms. The summed E-state index contributed by atoms with van der Waals surface area (Å²) in [4.78, 5) is 26.3. The lowest BCUT2D eigenvalue weighted by molar-refractivity contribution is -0.156. The summed E-state index contributed by atoms with van der Waals surface area (Å²) in [5.74, 6) is 0.505. The molecule has 2 rings (SSSR count). The van der Waals surface area contributed by atoms with E-state index < -0.39 is 11.6 Å². The molecular weight excluding hydrogens is 244 g/mol. The summed E-state index contributed by atoms with van der Waals surface area (Å²) >= 11 is 0. The van der Waals surface area contributed by atoms with Crippen molar-refractivity contribution in [3.8, 4) is 0 Å². The van der Waals surface area contributed by atoms with Crippen LogP contribution in [0.4, 0.5) is 0 Å². The van der Waals surface area contributed by atoms with Crippen molar-refractivity contribution in [2.24, 2.45) is 0 Å². The second-order valence-electron chi connectivity index (χ2n) is 5.44. The molecule has 2 heterocycles. The van der Waals surface area contributed by atoms with Crippen LogP contribution in [-0.2, 0) is 9.59 Å². The van der Waals surface area contributed by atoms with Gasteiger partial charge < -0.3 is 14.6 Å². The zero-order valence-corrected chi connectivity index (χ0v) is 11.8. The van der Waals surface area contributed by atoms with E-state index in [2.05, 4.69) is 5.32 Å². The number of furan rings is 1. The van der Waals surface area contributed by atoms with Gasteiger partial charge in [0.15, 0.2) is 0 Å². The summed E-state index contributed by atoms with van der Waals surface area (Å²) in [5, 5.41) is 2.78. The fourth-order valence-corrected chi connectivity index (χ4v) is 2.53. The number of nitrogens with zero attached hydrogens (tertiary/aromatic N) is 1. The number of hydrogen-bond donors (Lipinski definition) is 1. The van der Waals surface area contributed by atoms with Gasteiger partial charge in [0, 0.05) is 0 Å². The minimum absolute atomic E-state index is 0.0807. The third-order valence-electron chi connectivity index (χ3n) is 3.60. The molecule has 5 nitrogen and oxygen atoms in total. The summed E-state index contributed by atoms with van der Waals surface area (Å²) in [6.07, 6.45) is 2.16. The monoisotopic (exact) mass is 264 g/mol. The van der Waals surface area contributed by atoms with E-state index in [9.17, 15) is 9.59 Å². The summed E-state index contributed by atoms with van der Waals surface area (Å²) < 4.78 is 5.37. The second-order valence-corrected chi connectivity index (χ2v) is 5.44. The smallest absolute Gasteiger partial charge is 0.249 e. The van der Waals surface area contributed by atoms with Crippen LogP contribution in [0.1, 0.15) is 45.9 Å². The van der Waals surface area contributed by atoms with Gasteiger partial charge in [0.2, 0.25) is 11.8 Å². The fourth-order valence-electron chi connectivity index (χ4n) is 2.53. The molecule has 1 aliphatic heterocycles. The van der Waals surface area contributed by atoms with Crippen molar-refractivity contribution >= 4 is 11.8 Å². The Labute approximate surface area is 113 Å². The number of piperazine rings is 1. The highest BCUT2D eigenvalue weighted by molar-refractivity contribution is 5.99. The van der Waals surface area contributed by atoms with E-state index >= 15 is 0 Å². The summed E-state index contributed by atoms with van der Waals surface area (Å²) in [6, 6.07) is 2.91. The van der Waals surface area contributed by atoms with Crippen LogP contribution in [0.2, 0.25) is 0 Å². The van der Waals surface area contributed by atoms with Gasteiger partial charge in [0.1, 0.15) is 17.3 Å². The van der Waals surface area contributed by atoms with Crippen LogP contribution in [0.5, 0.6) is 0 Å². The zero-order valence-electron chi connectivity index (χ0n) is 11.8. The van der Waals surface area contributed by atoms with E-state index in [0.717, 1.165) is 0 Å². The van der Waals surface area contributed by atoms with Gasteiger partial charge in [-0.05, 0) is 39.3 Å². The Morgan fingerprint density at radius 1 is 1.47 bits per heavy atom. The van der Waals surface area contributed by atoms with Crippen molar-refractivity contribution in [1.82, 2.24) is 10.2 Å². The Hall–Kier alpha value is -1.78. The van der Waals surface area contributed by atoms with Gasteiger partial charge in [-0.15, -0.1) is 0 Å². The average molecular weight is 264 g/mol. The molecule has 2 amide bonds. The van der Waals surface area contributed by atoms with Crippen LogP contribution < -0.4 is 5.32 Å². The third kappa shape index (κ3) is 2.25. The molecule has 0 aliphatic carbocycles.